The Bertz CT molecular complexity index is 411. The number of nitrogens with zero attached hydrogens (tertiary/aromatic N) is 2. The largest absolute Gasteiger partial charge is 0.508 e. The Morgan fingerprint density at radius 2 is 1.69 bits per heavy atom. The van der Waals surface area contributed by atoms with Crippen LogP contribution in [0.25, 0.3) is 0 Å². The molecule has 0 amide bonds. The Hall–Kier alpha value is -1.38. The van der Waals surface area contributed by atoms with Crippen LogP contribution >= 0.6 is 0 Å². The first-order valence-electron chi connectivity index (χ1n) is 4.54. The predicted octanol–water partition coefficient (Wildman–Crippen LogP) is 0.425. The molecule has 1 aromatic rings. The van der Waals surface area contributed by atoms with E-state index in [1.807, 2.05) is 6.07 Å². The smallest absolute Gasteiger partial charge is 0.117 e. The molecular weight excluding hydrogens is 164 g/mol. The molecule has 3 heteroatoms. The monoisotopic (exact) mass is 176 g/mol. The van der Waals surface area contributed by atoms with Gasteiger partial charge in [-0.05, 0) is 25.0 Å². The van der Waals surface area contributed by atoms with E-state index in [9.17, 15) is 5.11 Å². The van der Waals surface area contributed by atoms with Gasteiger partial charge in [0.1, 0.15) is 5.75 Å². The molecule has 1 heterocycles. The average Bonchev–Trinajstić information content (AvgIpc) is 2.08. The number of hydrogen-bond donors (Lipinski definition) is 1. The van der Waals surface area contributed by atoms with E-state index in [4.69, 9.17) is 0 Å². The fraction of sp³-hybridized carbons (Fsp3) is 0.400. The molecule has 0 bridgehead atoms. The minimum absolute atomic E-state index is 0.262. The summed E-state index contributed by atoms with van der Waals surface area (Å²) in [6.45, 7) is 1.71. The topological polar surface area (TPSA) is 45.0 Å². The molecule has 13 heavy (non-hydrogen) atoms. The highest BCUT2D eigenvalue weighted by atomic mass is 16.3. The maximum atomic E-state index is 9.25. The lowest BCUT2D eigenvalue weighted by atomic mass is 10.2. The van der Waals surface area contributed by atoms with Gasteiger partial charge < -0.3 is 5.11 Å². The minimum Gasteiger partial charge on any atom is -0.508 e. The molecule has 0 aromatic heterocycles. The van der Waals surface area contributed by atoms with Crippen molar-refractivity contribution in [1.82, 2.24) is 0 Å². The van der Waals surface area contributed by atoms with Crippen molar-refractivity contribution >= 4 is 0 Å². The summed E-state index contributed by atoms with van der Waals surface area (Å²) in [4.78, 5) is 8.74. The van der Waals surface area contributed by atoms with E-state index in [2.05, 4.69) is 9.98 Å². The van der Waals surface area contributed by atoms with Crippen molar-refractivity contribution in [3.05, 3.63) is 28.9 Å². The van der Waals surface area contributed by atoms with Crippen molar-refractivity contribution in [3.63, 3.8) is 0 Å². The van der Waals surface area contributed by atoms with Crippen LogP contribution in [0.5, 0.6) is 5.75 Å². The van der Waals surface area contributed by atoms with Gasteiger partial charge in [0.25, 0.3) is 0 Å². The number of aromatic hydroxyl groups is 1. The van der Waals surface area contributed by atoms with Crippen LogP contribution in [0.3, 0.4) is 0 Å². The van der Waals surface area contributed by atoms with Crippen LogP contribution in [0.2, 0.25) is 0 Å². The number of hydrogen-bond acceptors (Lipinski definition) is 3. The maximum Gasteiger partial charge on any atom is 0.117 e. The summed E-state index contributed by atoms with van der Waals surface area (Å²) in [6.07, 6.45) is 2.18. The molecule has 1 aromatic carbocycles. The third kappa shape index (κ3) is 1.86. The molecule has 68 valence electrons. The highest BCUT2D eigenvalue weighted by Crippen LogP contribution is 1.99. The Labute approximate surface area is 76.5 Å². The van der Waals surface area contributed by atoms with E-state index in [1.54, 1.807) is 12.1 Å². The second-order valence-corrected chi connectivity index (χ2v) is 3.14. The molecule has 0 unspecified atom stereocenters. The molecule has 0 fully saturated rings. The second-order valence-electron chi connectivity index (χ2n) is 3.14. The number of rotatable bonds is 0. The summed E-state index contributed by atoms with van der Waals surface area (Å²) in [5.41, 5.74) is 0. The normalized spacial score (nSPS) is 16.0. The summed E-state index contributed by atoms with van der Waals surface area (Å²) >= 11 is 0. The van der Waals surface area contributed by atoms with Gasteiger partial charge in [0, 0.05) is 19.2 Å². The molecular formula is C10H12N2O. The van der Waals surface area contributed by atoms with Crippen LogP contribution in [0.15, 0.2) is 28.2 Å². The number of fused-ring (bicyclic) bond motifs is 1. The lowest BCUT2D eigenvalue weighted by Crippen LogP contribution is -2.26. The first kappa shape index (κ1) is 8.23. The first-order valence-corrected chi connectivity index (χ1v) is 4.54. The van der Waals surface area contributed by atoms with E-state index >= 15 is 0 Å². The lowest BCUT2D eigenvalue weighted by molar-refractivity contribution is 0.474. The number of phenolic OH excluding ortho intramolecular Hbond substituents is 1. The fourth-order valence-corrected chi connectivity index (χ4v) is 1.39. The standard InChI is InChI=1S/C10H12N2O/c13-8-3-4-9-10(7-8)12-6-2-1-5-11-9/h3-4,7,13H,1-2,5-6H2. The van der Waals surface area contributed by atoms with Crippen molar-refractivity contribution in [2.24, 2.45) is 9.98 Å². The highest BCUT2D eigenvalue weighted by Gasteiger charge is 1.95. The molecule has 0 aliphatic carbocycles. The van der Waals surface area contributed by atoms with Crippen LogP contribution in [0.4, 0.5) is 0 Å². The van der Waals surface area contributed by atoms with Crippen LogP contribution in [0, 0.1) is 0 Å². The average molecular weight is 176 g/mol. The summed E-state index contributed by atoms with van der Waals surface area (Å²) < 4.78 is 0. The Morgan fingerprint density at radius 3 is 2.46 bits per heavy atom. The fourth-order valence-electron chi connectivity index (χ4n) is 1.39. The molecule has 0 atom stereocenters. The van der Waals surface area contributed by atoms with Gasteiger partial charge in [-0.2, -0.15) is 0 Å². The molecule has 0 radical (unpaired) electrons. The van der Waals surface area contributed by atoms with Gasteiger partial charge in [0.05, 0.1) is 10.7 Å². The van der Waals surface area contributed by atoms with Crippen LogP contribution in [-0.4, -0.2) is 18.2 Å². The van der Waals surface area contributed by atoms with E-state index in [0.29, 0.717) is 0 Å². The SMILES string of the molecule is Oc1ccc2c(c1)=NCCCCN=2. The number of benzene rings is 1. The van der Waals surface area contributed by atoms with Gasteiger partial charge in [-0.15, -0.1) is 0 Å². The zero-order valence-corrected chi connectivity index (χ0v) is 7.40. The van der Waals surface area contributed by atoms with Crippen molar-refractivity contribution in [1.29, 1.82) is 0 Å². The van der Waals surface area contributed by atoms with Gasteiger partial charge in [0.2, 0.25) is 0 Å². The van der Waals surface area contributed by atoms with Crippen molar-refractivity contribution < 1.29 is 5.11 Å². The van der Waals surface area contributed by atoms with Gasteiger partial charge in [-0.25, -0.2) is 0 Å². The molecule has 0 saturated carbocycles. The third-order valence-electron chi connectivity index (χ3n) is 2.09. The summed E-state index contributed by atoms with van der Waals surface area (Å²) in [5, 5.41) is 11.0. The molecule has 1 aliphatic heterocycles. The van der Waals surface area contributed by atoms with Crippen molar-refractivity contribution in [3.8, 4) is 5.75 Å². The predicted molar refractivity (Wildman–Crippen MR) is 49.4 cm³/mol. The molecule has 1 aliphatic rings. The quantitative estimate of drug-likeness (QED) is 0.612. The Kier molecular flexibility index (Phi) is 2.25. The Balaban J connectivity index is 2.62. The summed E-state index contributed by atoms with van der Waals surface area (Å²) in [6, 6.07) is 5.14. The highest BCUT2D eigenvalue weighted by molar-refractivity contribution is 5.18. The first-order chi connectivity index (χ1) is 6.36. The zero-order valence-electron chi connectivity index (χ0n) is 7.40. The lowest BCUT2D eigenvalue weighted by Gasteiger charge is -1.99. The summed E-state index contributed by atoms with van der Waals surface area (Å²) in [7, 11) is 0. The maximum absolute atomic E-state index is 9.25. The molecule has 0 spiro atoms. The van der Waals surface area contributed by atoms with E-state index in [-0.39, 0.29) is 5.75 Å². The van der Waals surface area contributed by atoms with E-state index < -0.39 is 0 Å². The van der Waals surface area contributed by atoms with Crippen molar-refractivity contribution in [2.45, 2.75) is 12.8 Å². The van der Waals surface area contributed by atoms with Gasteiger partial charge in [0.15, 0.2) is 0 Å². The molecule has 2 rings (SSSR count). The van der Waals surface area contributed by atoms with Crippen LogP contribution in [-0.2, 0) is 0 Å². The van der Waals surface area contributed by atoms with Gasteiger partial charge >= 0.3 is 0 Å². The Morgan fingerprint density at radius 1 is 1.00 bits per heavy atom. The number of phenols is 1. The molecule has 0 saturated heterocycles. The minimum atomic E-state index is 0.262. The second kappa shape index (κ2) is 3.56. The zero-order chi connectivity index (χ0) is 9.10. The molecule has 3 nitrogen and oxygen atoms in total. The third-order valence-corrected chi connectivity index (χ3v) is 2.09. The van der Waals surface area contributed by atoms with Gasteiger partial charge in [-0.3, -0.25) is 9.98 Å². The van der Waals surface area contributed by atoms with E-state index in [1.165, 1.54) is 0 Å². The summed E-state index contributed by atoms with van der Waals surface area (Å²) in [5.74, 6) is 0.262. The van der Waals surface area contributed by atoms with Crippen molar-refractivity contribution in [2.75, 3.05) is 13.1 Å². The van der Waals surface area contributed by atoms with Crippen LogP contribution in [0.1, 0.15) is 12.8 Å². The molecule has 1 N–H and O–H groups in total. The van der Waals surface area contributed by atoms with Gasteiger partial charge in [-0.1, -0.05) is 0 Å². The van der Waals surface area contributed by atoms with Crippen LogP contribution < -0.4 is 10.7 Å². The van der Waals surface area contributed by atoms with E-state index in [0.717, 1.165) is 36.6 Å².